The Morgan fingerprint density at radius 1 is 0.977 bits per heavy atom. The van der Waals surface area contributed by atoms with Gasteiger partial charge in [-0.15, -0.1) is 0 Å². The molecular formula is C30H30FN5O6S. The maximum absolute atomic E-state index is 14.0. The highest BCUT2D eigenvalue weighted by Gasteiger charge is 2.32. The number of para-hydroxylation sites is 1. The van der Waals surface area contributed by atoms with Crippen LogP contribution in [0.2, 0.25) is 0 Å². The van der Waals surface area contributed by atoms with Crippen molar-refractivity contribution in [3.8, 4) is 17.3 Å². The monoisotopic (exact) mass is 607 g/mol. The summed E-state index contributed by atoms with van der Waals surface area (Å²) in [5.74, 6) is -2.32. The zero-order valence-electron chi connectivity index (χ0n) is 23.7. The number of nitrogens with zero attached hydrogens (tertiary/aromatic N) is 4. The van der Waals surface area contributed by atoms with Crippen LogP contribution < -0.4 is 10.1 Å². The highest BCUT2D eigenvalue weighted by atomic mass is 32.2. The second kappa shape index (κ2) is 12.0. The van der Waals surface area contributed by atoms with E-state index in [1.165, 1.54) is 59.2 Å². The lowest BCUT2D eigenvalue weighted by molar-refractivity contribution is 0.0689. The molecule has 1 aliphatic heterocycles. The number of nitrogens with one attached hydrogen (secondary N) is 1. The zero-order valence-corrected chi connectivity index (χ0v) is 24.6. The SMILES string of the molecule is Cc1cc(C(=O)Nc2ccc(Oc3c(C)c(C(=O)O)nn3-c3ccccc3)c(S(=O)(=O)N3CCN(C)CC3)c2)ccc1F. The number of aromatic carboxylic acids is 1. The van der Waals surface area contributed by atoms with Crippen LogP contribution in [-0.4, -0.2) is 77.6 Å². The molecule has 4 aromatic rings. The van der Waals surface area contributed by atoms with Crippen LogP contribution in [0.3, 0.4) is 0 Å². The van der Waals surface area contributed by atoms with E-state index in [9.17, 15) is 27.5 Å². The molecule has 43 heavy (non-hydrogen) atoms. The molecule has 1 amide bonds. The summed E-state index contributed by atoms with van der Waals surface area (Å²) in [4.78, 5) is 26.7. The third kappa shape index (κ3) is 6.14. The lowest BCUT2D eigenvalue weighted by Gasteiger charge is -2.32. The minimum absolute atomic E-state index is 0.0250. The number of carbonyl (C=O) groups excluding carboxylic acids is 1. The second-order valence-corrected chi connectivity index (χ2v) is 12.1. The molecule has 1 saturated heterocycles. The van der Waals surface area contributed by atoms with Gasteiger partial charge in [0.2, 0.25) is 15.9 Å². The van der Waals surface area contributed by atoms with E-state index in [1.807, 2.05) is 11.9 Å². The van der Waals surface area contributed by atoms with E-state index in [4.69, 9.17) is 4.74 Å². The summed E-state index contributed by atoms with van der Waals surface area (Å²) in [5, 5.41) is 16.6. The number of halogens is 1. The first-order valence-corrected chi connectivity index (χ1v) is 14.9. The largest absolute Gasteiger partial charge is 0.476 e. The van der Waals surface area contributed by atoms with E-state index in [-0.39, 0.29) is 52.1 Å². The Labute approximate surface area is 248 Å². The number of carbonyl (C=O) groups is 2. The number of ether oxygens (including phenoxy) is 1. The molecule has 11 nitrogen and oxygen atoms in total. The van der Waals surface area contributed by atoms with Crippen molar-refractivity contribution >= 4 is 27.6 Å². The van der Waals surface area contributed by atoms with Gasteiger partial charge in [-0.2, -0.15) is 14.1 Å². The van der Waals surface area contributed by atoms with Crippen LogP contribution in [0.25, 0.3) is 5.69 Å². The third-order valence-corrected chi connectivity index (χ3v) is 9.10. The van der Waals surface area contributed by atoms with Gasteiger partial charge in [-0.05, 0) is 75.0 Å². The summed E-state index contributed by atoms with van der Waals surface area (Å²) < 4.78 is 50.6. The van der Waals surface area contributed by atoms with Crippen LogP contribution >= 0.6 is 0 Å². The minimum atomic E-state index is -4.14. The van der Waals surface area contributed by atoms with E-state index >= 15 is 0 Å². The number of amides is 1. The van der Waals surface area contributed by atoms with Gasteiger partial charge < -0.3 is 20.1 Å². The number of aromatic nitrogens is 2. The van der Waals surface area contributed by atoms with Gasteiger partial charge in [0, 0.05) is 43.0 Å². The van der Waals surface area contributed by atoms with E-state index in [0.717, 1.165) is 0 Å². The number of benzene rings is 3. The Morgan fingerprint density at radius 3 is 2.33 bits per heavy atom. The highest BCUT2D eigenvalue weighted by Crippen LogP contribution is 2.37. The van der Waals surface area contributed by atoms with Gasteiger partial charge in [-0.1, -0.05) is 18.2 Å². The van der Waals surface area contributed by atoms with Crippen molar-refractivity contribution in [1.82, 2.24) is 19.0 Å². The molecule has 1 fully saturated rings. The first kappa shape index (κ1) is 29.9. The Balaban J connectivity index is 1.58. The summed E-state index contributed by atoms with van der Waals surface area (Å²) in [6.45, 7) is 4.60. The van der Waals surface area contributed by atoms with Gasteiger partial charge in [0.1, 0.15) is 16.5 Å². The van der Waals surface area contributed by atoms with Gasteiger partial charge in [0.25, 0.3) is 5.91 Å². The molecule has 1 aliphatic rings. The molecule has 0 unspecified atom stereocenters. The summed E-state index contributed by atoms with van der Waals surface area (Å²) in [7, 11) is -2.23. The Morgan fingerprint density at radius 2 is 1.67 bits per heavy atom. The van der Waals surface area contributed by atoms with Gasteiger partial charge in [0.05, 0.1) is 5.69 Å². The fraction of sp³-hybridized carbons (Fsp3) is 0.233. The number of anilines is 1. The van der Waals surface area contributed by atoms with Crippen LogP contribution in [0, 0.1) is 19.7 Å². The summed E-state index contributed by atoms with van der Waals surface area (Å²) >= 11 is 0. The summed E-state index contributed by atoms with van der Waals surface area (Å²) in [5.41, 5.74) is 1.12. The Hall–Kier alpha value is -4.59. The smallest absolute Gasteiger partial charge is 0.356 e. The Bertz CT molecular complexity index is 1800. The standard InChI is InChI=1S/C30H30FN5O6S/c1-19-17-21(9-11-24(19)31)28(37)32-22-10-12-25(26(18-22)43(40,41)35-15-13-34(3)14-16-35)42-29-20(2)27(30(38)39)33-36(29)23-7-5-4-6-8-23/h4-12,17-18H,13-16H2,1-3H3,(H,32,37)(H,38,39). The fourth-order valence-electron chi connectivity index (χ4n) is 4.68. The lowest BCUT2D eigenvalue weighted by atomic mass is 10.1. The first-order chi connectivity index (χ1) is 20.5. The number of aryl methyl sites for hydroxylation is 1. The maximum Gasteiger partial charge on any atom is 0.356 e. The average molecular weight is 608 g/mol. The normalized spacial score (nSPS) is 14.4. The fourth-order valence-corrected chi connectivity index (χ4v) is 6.24. The molecule has 3 aromatic carbocycles. The molecule has 0 atom stereocenters. The molecule has 0 saturated carbocycles. The van der Waals surface area contributed by atoms with Crippen LogP contribution in [0.5, 0.6) is 11.6 Å². The van der Waals surface area contributed by atoms with Crippen LogP contribution in [-0.2, 0) is 10.0 Å². The highest BCUT2D eigenvalue weighted by molar-refractivity contribution is 7.89. The Kier molecular flexibility index (Phi) is 8.31. The van der Waals surface area contributed by atoms with Crippen molar-refractivity contribution in [2.75, 3.05) is 38.5 Å². The molecule has 2 heterocycles. The predicted octanol–water partition coefficient (Wildman–Crippen LogP) is 4.31. The molecule has 0 spiro atoms. The average Bonchev–Trinajstić information content (AvgIpc) is 3.31. The van der Waals surface area contributed by atoms with Crippen molar-refractivity contribution in [2.45, 2.75) is 18.7 Å². The number of likely N-dealkylation sites (N-methyl/N-ethyl adjacent to an activating group) is 1. The van der Waals surface area contributed by atoms with Crippen molar-refractivity contribution in [2.24, 2.45) is 0 Å². The number of hydrogen-bond acceptors (Lipinski definition) is 7. The van der Waals surface area contributed by atoms with Gasteiger partial charge in [0.15, 0.2) is 5.69 Å². The minimum Gasteiger partial charge on any atom is -0.476 e. The predicted molar refractivity (Wildman–Crippen MR) is 157 cm³/mol. The first-order valence-electron chi connectivity index (χ1n) is 13.4. The van der Waals surface area contributed by atoms with Crippen LogP contribution in [0.15, 0.2) is 71.6 Å². The van der Waals surface area contributed by atoms with Gasteiger partial charge in [-0.3, -0.25) is 4.79 Å². The number of rotatable bonds is 8. The number of carboxylic acids is 1. The number of sulfonamides is 1. The number of piperazine rings is 1. The van der Waals surface area contributed by atoms with E-state index < -0.39 is 27.7 Å². The number of carboxylic acid groups (broad SMARTS) is 1. The maximum atomic E-state index is 14.0. The van der Waals surface area contributed by atoms with Crippen molar-refractivity contribution in [3.05, 3.63) is 94.9 Å². The van der Waals surface area contributed by atoms with Crippen molar-refractivity contribution in [3.63, 3.8) is 0 Å². The zero-order chi connectivity index (χ0) is 30.9. The van der Waals surface area contributed by atoms with Crippen molar-refractivity contribution < 1.29 is 32.2 Å². The molecular weight excluding hydrogens is 577 g/mol. The van der Waals surface area contributed by atoms with E-state index in [0.29, 0.717) is 24.3 Å². The molecule has 224 valence electrons. The quantitative estimate of drug-likeness (QED) is 0.303. The van der Waals surface area contributed by atoms with Crippen LogP contribution in [0.1, 0.15) is 32.0 Å². The third-order valence-electron chi connectivity index (χ3n) is 7.18. The van der Waals surface area contributed by atoms with Crippen LogP contribution in [0.4, 0.5) is 10.1 Å². The lowest BCUT2D eigenvalue weighted by Crippen LogP contribution is -2.47. The molecule has 1 aromatic heterocycles. The second-order valence-electron chi connectivity index (χ2n) is 10.2. The van der Waals surface area contributed by atoms with Crippen molar-refractivity contribution in [1.29, 1.82) is 0 Å². The molecule has 13 heteroatoms. The summed E-state index contributed by atoms with van der Waals surface area (Å²) in [6.07, 6.45) is 0. The van der Waals surface area contributed by atoms with E-state index in [1.54, 1.807) is 30.3 Å². The molecule has 5 rings (SSSR count). The van der Waals surface area contributed by atoms with Gasteiger partial charge in [-0.25, -0.2) is 17.6 Å². The molecule has 0 aliphatic carbocycles. The van der Waals surface area contributed by atoms with E-state index in [2.05, 4.69) is 10.4 Å². The van der Waals surface area contributed by atoms with Gasteiger partial charge >= 0.3 is 5.97 Å². The molecule has 0 radical (unpaired) electrons. The number of hydrogen-bond donors (Lipinski definition) is 2. The molecule has 2 N–H and O–H groups in total. The topological polar surface area (TPSA) is 134 Å². The summed E-state index contributed by atoms with van der Waals surface area (Å²) in [6, 6.07) is 16.8. The molecule has 0 bridgehead atoms.